The number of alkyl carbamates (subject to hydrolysis) is 1. The van der Waals surface area contributed by atoms with E-state index in [0.717, 1.165) is 47.1 Å². The zero-order valence-electron chi connectivity index (χ0n) is 21.8. The largest absolute Gasteiger partial charge is 0.480 e. The maximum atomic E-state index is 12.5. The number of amides is 1. The van der Waals surface area contributed by atoms with Crippen molar-refractivity contribution in [2.45, 2.75) is 70.3 Å². The zero-order chi connectivity index (χ0) is 26.4. The first kappa shape index (κ1) is 27.1. The summed E-state index contributed by atoms with van der Waals surface area (Å²) in [6.07, 6.45) is 2.57. The van der Waals surface area contributed by atoms with Gasteiger partial charge in [0.15, 0.2) is 12.3 Å². The number of carboxylic acids is 1. The van der Waals surface area contributed by atoms with Gasteiger partial charge in [0.2, 0.25) is 0 Å². The summed E-state index contributed by atoms with van der Waals surface area (Å²) in [6.45, 7) is 6.88. The monoisotopic (exact) mass is 511 g/mol. The molecule has 0 radical (unpaired) electrons. The Morgan fingerprint density at radius 2 is 1.92 bits per heavy atom. The van der Waals surface area contributed by atoms with E-state index in [-0.39, 0.29) is 32.0 Å². The fourth-order valence-electron chi connectivity index (χ4n) is 4.86. The van der Waals surface area contributed by atoms with Gasteiger partial charge in [-0.25, -0.2) is 9.59 Å². The second-order valence-electron chi connectivity index (χ2n) is 10.4. The van der Waals surface area contributed by atoms with Crippen molar-refractivity contribution >= 4 is 12.1 Å². The molecule has 2 aliphatic rings. The fraction of sp³-hybridized carbons (Fsp3) is 0.517. The van der Waals surface area contributed by atoms with Crippen LogP contribution in [0.3, 0.4) is 0 Å². The summed E-state index contributed by atoms with van der Waals surface area (Å²) >= 11 is 0. The molecule has 0 aromatic heterocycles. The van der Waals surface area contributed by atoms with Crippen LogP contribution in [0.15, 0.2) is 42.5 Å². The van der Waals surface area contributed by atoms with E-state index in [2.05, 4.69) is 29.6 Å². The summed E-state index contributed by atoms with van der Waals surface area (Å²) in [7, 11) is 0. The minimum atomic E-state index is -1.22. The number of aliphatic carboxylic acids is 1. The van der Waals surface area contributed by atoms with Crippen LogP contribution in [0, 0.1) is 6.92 Å². The normalized spacial score (nSPS) is 19.5. The van der Waals surface area contributed by atoms with Crippen molar-refractivity contribution in [3.05, 3.63) is 59.2 Å². The molecule has 37 heavy (non-hydrogen) atoms. The van der Waals surface area contributed by atoms with Crippen LogP contribution in [-0.4, -0.2) is 61.5 Å². The predicted octanol–water partition coefficient (Wildman–Crippen LogP) is 5.02. The molecule has 200 valence electrons. The lowest BCUT2D eigenvalue weighted by molar-refractivity contribution is -0.219. The number of hydrogen-bond donors (Lipinski definition) is 2. The van der Waals surface area contributed by atoms with Crippen molar-refractivity contribution in [1.29, 1.82) is 0 Å². The van der Waals surface area contributed by atoms with Crippen LogP contribution in [-0.2, 0) is 23.7 Å². The van der Waals surface area contributed by atoms with E-state index in [1.165, 1.54) is 0 Å². The molecule has 2 aromatic rings. The molecule has 3 atom stereocenters. The summed E-state index contributed by atoms with van der Waals surface area (Å²) in [4.78, 5) is 24.3. The number of aryl methyl sites for hydroxylation is 1. The summed E-state index contributed by atoms with van der Waals surface area (Å²) in [5, 5.41) is 12.0. The van der Waals surface area contributed by atoms with Crippen LogP contribution in [0.5, 0.6) is 0 Å². The van der Waals surface area contributed by atoms with E-state index < -0.39 is 23.7 Å². The molecule has 1 aliphatic heterocycles. The molecule has 8 nitrogen and oxygen atoms in total. The van der Waals surface area contributed by atoms with E-state index >= 15 is 0 Å². The molecule has 1 fully saturated rings. The third-order valence-corrected chi connectivity index (χ3v) is 6.90. The summed E-state index contributed by atoms with van der Waals surface area (Å²) < 4.78 is 22.8. The molecule has 2 aromatic carbocycles. The van der Waals surface area contributed by atoms with E-state index in [1.54, 1.807) is 0 Å². The van der Waals surface area contributed by atoms with Crippen LogP contribution < -0.4 is 5.32 Å². The smallest absolute Gasteiger partial charge is 0.407 e. The van der Waals surface area contributed by atoms with Crippen molar-refractivity contribution in [2.75, 3.05) is 26.4 Å². The Labute approximate surface area is 218 Å². The highest BCUT2D eigenvalue weighted by Gasteiger charge is 2.30. The van der Waals surface area contributed by atoms with Gasteiger partial charge >= 0.3 is 12.1 Å². The number of carboxylic acid groups (broad SMARTS) is 1. The fourth-order valence-corrected chi connectivity index (χ4v) is 4.86. The van der Waals surface area contributed by atoms with Crippen LogP contribution >= 0.6 is 0 Å². The van der Waals surface area contributed by atoms with Crippen LogP contribution in [0.2, 0.25) is 0 Å². The molecule has 1 amide bonds. The van der Waals surface area contributed by atoms with Gasteiger partial charge in [0.1, 0.15) is 6.61 Å². The topological polar surface area (TPSA) is 103 Å². The minimum Gasteiger partial charge on any atom is -0.480 e. The molecular weight excluding hydrogens is 474 g/mol. The van der Waals surface area contributed by atoms with Gasteiger partial charge in [0.25, 0.3) is 0 Å². The molecule has 2 N–H and O–H groups in total. The third-order valence-electron chi connectivity index (χ3n) is 6.90. The van der Waals surface area contributed by atoms with Gasteiger partial charge in [0, 0.05) is 19.1 Å². The molecule has 8 heteroatoms. The Hall–Kier alpha value is -2.94. The molecule has 0 saturated carbocycles. The number of ether oxygens (including phenoxy) is 4. The predicted molar refractivity (Wildman–Crippen MR) is 139 cm³/mol. The number of carbonyl (C=O) groups excluding carboxylic acids is 1. The van der Waals surface area contributed by atoms with Gasteiger partial charge in [-0.05, 0) is 68.7 Å². The highest BCUT2D eigenvalue weighted by atomic mass is 16.7. The second kappa shape index (κ2) is 12.1. The van der Waals surface area contributed by atoms with E-state index in [0.29, 0.717) is 13.0 Å². The number of fused-ring (bicyclic) bond motifs is 3. The van der Waals surface area contributed by atoms with Gasteiger partial charge in [-0.3, -0.25) is 0 Å². The number of hydrogen-bond acceptors (Lipinski definition) is 6. The van der Waals surface area contributed by atoms with Gasteiger partial charge in [0.05, 0.1) is 12.2 Å². The molecule has 2 unspecified atom stereocenters. The van der Waals surface area contributed by atoms with Gasteiger partial charge in [-0.2, -0.15) is 0 Å². The Morgan fingerprint density at radius 1 is 1.14 bits per heavy atom. The highest BCUT2D eigenvalue weighted by Crippen LogP contribution is 2.45. The molecule has 0 bridgehead atoms. The maximum absolute atomic E-state index is 12.5. The number of nitrogens with one attached hydrogen (secondary N) is 1. The first-order valence-electron chi connectivity index (χ1n) is 13.0. The van der Waals surface area contributed by atoms with E-state index in [9.17, 15) is 14.7 Å². The van der Waals surface area contributed by atoms with Crippen molar-refractivity contribution in [3.63, 3.8) is 0 Å². The lowest BCUT2D eigenvalue weighted by Gasteiger charge is -2.32. The van der Waals surface area contributed by atoms with Crippen LogP contribution in [0.25, 0.3) is 11.1 Å². The maximum Gasteiger partial charge on any atom is 0.407 e. The molecule has 1 aliphatic carbocycles. The minimum absolute atomic E-state index is 0.105. The SMILES string of the molecule is Cc1ccc2c(c1)C(COC(=O)N[C@@H](COCCC(C)(C)OC1CCCCO1)C(=O)O)c1ccccc1-2. The van der Waals surface area contributed by atoms with Crippen molar-refractivity contribution in [3.8, 4) is 11.1 Å². The van der Waals surface area contributed by atoms with Crippen molar-refractivity contribution < 1.29 is 33.6 Å². The lowest BCUT2D eigenvalue weighted by Crippen LogP contribution is -2.44. The molecule has 1 heterocycles. The van der Waals surface area contributed by atoms with E-state index in [1.807, 2.05) is 39.0 Å². The lowest BCUT2D eigenvalue weighted by atomic mass is 9.97. The molecule has 1 saturated heterocycles. The Balaban J connectivity index is 1.25. The summed E-state index contributed by atoms with van der Waals surface area (Å²) in [5.41, 5.74) is 5.12. The Kier molecular flexibility index (Phi) is 8.84. The van der Waals surface area contributed by atoms with Crippen molar-refractivity contribution in [2.24, 2.45) is 0 Å². The third kappa shape index (κ3) is 7.09. The Morgan fingerprint density at radius 3 is 2.68 bits per heavy atom. The zero-order valence-corrected chi connectivity index (χ0v) is 21.8. The average Bonchev–Trinajstić information content (AvgIpc) is 3.17. The standard InChI is InChI=1S/C29H37NO7/c1-19-11-12-22-20-8-4-5-9-21(20)24(23(22)16-19)17-36-28(33)30-25(27(31)32)18-34-15-13-29(2,3)37-26-10-6-7-14-35-26/h4-5,8-9,11-12,16,24-26H,6-7,10,13-15,17-18H2,1-3H3,(H,30,33)(H,31,32)/t24?,25-,26?/m0/s1. The van der Waals surface area contributed by atoms with Crippen LogP contribution in [0.4, 0.5) is 4.79 Å². The number of benzene rings is 2. The van der Waals surface area contributed by atoms with E-state index in [4.69, 9.17) is 18.9 Å². The first-order chi connectivity index (χ1) is 17.7. The van der Waals surface area contributed by atoms with Gasteiger partial charge < -0.3 is 29.4 Å². The quantitative estimate of drug-likeness (QED) is 0.409. The first-order valence-corrected chi connectivity index (χ1v) is 13.0. The molecule has 0 spiro atoms. The highest BCUT2D eigenvalue weighted by molar-refractivity contribution is 5.81. The summed E-state index contributed by atoms with van der Waals surface area (Å²) in [5.74, 6) is -1.29. The van der Waals surface area contributed by atoms with Gasteiger partial charge in [-0.1, -0.05) is 48.0 Å². The molecule has 4 rings (SSSR count). The summed E-state index contributed by atoms with van der Waals surface area (Å²) in [6, 6.07) is 13.1. The Bertz CT molecular complexity index is 1090. The second-order valence-corrected chi connectivity index (χ2v) is 10.4. The van der Waals surface area contributed by atoms with Gasteiger partial charge in [-0.15, -0.1) is 0 Å². The van der Waals surface area contributed by atoms with Crippen LogP contribution in [0.1, 0.15) is 62.1 Å². The number of carbonyl (C=O) groups is 2. The molecular formula is C29H37NO7. The average molecular weight is 512 g/mol. The number of rotatable bonds is 11. The van der Waals surface area contributed by atoms with Crippen molar-refractivity contribution in [1.82, 2.24) is 5.32 Å².